The SMILES string of the molecule is Fc1ccc(CNc2nn3c(-c4cccc(Cl)c4)cnc3s2)cc1. The molecule has 4 aromatic rings. The Balaban J connectivity index is 1.59. The molecule has 0 bridgehead atoms. The summed E-state index contributed by atoms with van der Waals surface area (Å²) in [6, 6.07) is 14.0. The van der Waals surface area contributed by atoms with E-state index in [0.717, 1.165) is 26.9 Å². The van der Waals surface area contributed by atoms with E-state index < -0.39 is 0 Å². The van der Waals surface area contributed by atoms with Crippen LogP contribution >= 0.6 is 22.9 Å². The number of hydrogen-bond donors (Lipinski definition) is 1. The molecule has 0 aliphatic heterocycles. The zero-order chi connectivity index (χ0) is 16.5. The smallest absolute Gasteiger partial charge is 0.214 e. The van der Waals surface area contributed by atoms with Crippen LogP contribution in [0.1, 0.15) is 5.56 Å². The first-order valence-electron chi connectivity index (χ1n) is 7.28. The van der Waals surface area contributed by atoms with E-state index in [-0.39, 0.29) is 5.82 Å². The minimum absolute atomic E-state index is 0.238. The molecule has 120 valence electrons. The second kappa shape index (κ2) is 6.22. The van der Waals surface area contributed by atoms with Crippen LogP contribution in [0.2, 0.25) is 5.02 Å². The molecule has 0 fully saturated rings. The van der Waals surface area contributed by atoms with Gasteiger partial charge in [0.2, 0.25) is 10.1 Å². The number of halogens is 2. The molecule has 0 radical (unpaired) electrons. The monoisotopic (exact) mass is 358 g/mol. The van der Waals surface area contributed by atoms with Crippen molar-refractivity contribution >= 4 is 33.0 Å². The first kappa shape index (κ1) is 15.1. The van der Waals surface area contributed by atoms with Gasteiger partial charge >= 0.3 is 0 Å². The molecule has 0 saturated heterocycles. The van der Waals surface area contributed by atoms with E-state index in [9.17, 15) is 4.39 Å². The Kier molecular flexibility index (Phi) is 3.92. The Morgan fingerprint density at radius 3 is 2.79 bits per heavy atom. The van der Waals surface area contributed by atoms with E-state index in [1.807, 2.05) is 24.3 Å². The number of nitrogens with one attached hydrogen (secondary N) is 1. The molecule has 4 nitrogen and oxygen atoms in total. The molecule has 0 saturated carbocycles. The van der Waals surface area contributed by atoms with Crippen LogP contribution in [0.25, 0.3) is 16.2 Å². The van der Waals surface area contributed by atoms with Gasteiger partial charge in [0.1, 0.15) is 5.82 Å². The zero-order valence-electron chi connectivity index (χ0n) is 12.4. The fraction of sp³-hybridized carbons (Fsp3) is 0.0588. The van der Waals surface area contributed by atoms with Gasteiger partial charge in [-0.3, -0.25) is 0 Å². The van der Waals surface area contributed by atoms with Crippen molar-refractivity contribution in [2.45, 2.75) is 6.54 Å². The van der Waals surface area contributed by atoms with Gasteiger partial charge in [0.15, 0.2) is 0 Å². The fourth-order valence-electron chi connectivity index (χ4n) is 2.39. The highest BCUT2D eigenvalue weighted by Crippen LogP contribution is 2.27. The summed E-state index contributed by atoms with van der Waals surface area (Å²) in [5.74, 6) is -0.238. The maximum absolute atomic E-state index is 12.9. The fourth-order valence-corrected chi connectivity index (χ4v) is 3.35. The normalized spacial score (nSPS) is 11.1. The molecule has 2 heterocycles. The highest BCUT2D eigenvalue weighted by Gasteiger charge is 2.11. The third-order valence-corrected chi connectivity index (χ3v) is 4.68. The molecule has 0 spiro atoms. The summed E-state index contributed by atoms with van der Waals surface area (Å²) >= 11 is 7.52. The van der Waals surface area contributed by atoms with Gasteiger partial charge < -0.3 is 5.32 Å². The second-order valence-corrected chi connectivity index (χ2v) is 6.63. The molecule has 4 rings (SSSR count). The van der Waals surface area contributed by atoms with E-state index >= 15 is 0 Å². The molecule has 24 heavy (non-hydrogen) atoms. The van der Waals surface area contributed by atoms with Gasteiger partial charge in [-0.15, -0.1) is 5.10 Å². The minimum Gasteiger partial charge on any atom is -0.356 e. The lowest BCUT2D eigenvalue weighted by Gasteiger charge is -2.02. The van der Waals surface area contributed by atoms with Crippen molar-refractivity contribution in [1.82, 2.24) is 14.6 Å². The van der Waals surface area contributed by atoms with E-state index in [0.29, 0.717) is 11.6 Å². The number of aromatic nitrogens is 3. The quantitative estimate of drug-likeness (QED) is 0.566. The average Bonchev–Trinajstić information content (AvgIpc) is 3.14. The van der Waals surface area contributed by atoms with Crippen LogP contribution in [-0.2, 0) is 6.54 Å². The average molecular weight is 359 g/mol. The lowest BCUT2D eigenvalue weighted by Crippen LogP contribution is -2.00. The number of imidazole rings is 1. The van der Waals surface area contributed by atoms with Gasteiger partial charge in [0.05, 0.1) is 11.9 Å². The van der Waals surface area contributed by atoms with Crippen LogP contribution in [0.5, 0.6) is 0 Å². The van der Waals surface area contributed by atoms with E-state index in [2.05, 4.69) is 15.4 Å². The van der Waals surface area contributed by atoms with Gasteiger partial charge in [-0.1, -0.05) is 47.2 Å². The molecule has 7 heteroatoms. The molecular formula is C17H12ClFN4S. The van der Waals surface area contributed by atoms with Crippen LogP contribution in [0.3, 0.4) is 0 Å². The van der Waals surface area contributed by atoms with E-state index in [4.69, 9.17) is 11.6 Å². The molecule has 0 amide bonds. The molecule has 0 aliphatic carbocycles. The van der Waals surface area contributed by atoms with Crippen molar-refractivity contribution in [2.75, 3.05) is 5.32 Å². The van der Waals surface area contributed by atoms with Crippen molar-refractivity contribution in [3.05, 3.63) is 71.1 Å². The maximum Gasteiger partial charge on any atom is 0.214 e. The second-order valence-electron chi connectivity index (χ2n) is 5.24. The van der Waals surface area contributed by atoms with Crippen molar-refractivity contribution in [3.63, 3.8) is 0 Å². The molecule has 0 atom stereocenters. The molecule has 1 N–H and O–H groups in total. The van der Waals surface area contributed by atoms with Crippen molar-refractivity contribution in [3.8, 4) is 11.3 Å². The maximum atomic E-state index is 12.9. The lowest BCUT2D eigenvalue weighted by atomic mass is 10.2. The zero-order valence-corrected chi connectivity index (χ0v) is 14.0. The van der Waals surface area contributed by atoms with Gasteiger partial charge in [-0.2, -0.15) is 0 Å². The third kappa shape index (κ3) is 2.98. The number of anilines is 1. The topological polar surface area (TPSA) is 42.2 Å². The summed E-state index contributed by atoms with van der Waals surface area (Å²) in [4.78, 5) is 5.20. The Labute approximate surface area is 146 Å². The number of fused-ring (bicyclic) bond motifs is 1. The summed E-state index contributed by atoms with van der Waals surface area (Å²) in [7, 11) is 0. The van der Waals surface area contributed by atoms with Gasteiger partial charge in [0.25, 0.3) is 0 Å². The largest absolute Gasteiger partial charge is 0.356 e. The van der Waals surface area contributed by atoms with E-state index in [1.54, 1.807) is 22.8 Å². The number of hydrogen-bond acceptors (Lipinski definition) is 4. The number of benzene rings is 2. The number of rotatable bonds is 4. The van der Waals surface area contributed by atoms with E-state index in [1.165, 1.54) is 23.5 Å². The Morgan fingerprint density at radius 1 is 1.17 bits per heavy atom. The summed E-state index contributed by atoms with van der Waals surface area (Å²) in [6.45, 7) is 0.573. The van der Waals surface area contributed by atoms with Crippen LogP contribution in [0.15, 0.2) is 54.7 Å². The molecule has 0 aliphatic rings. The Bertz CT molecular complexity index is 993. The Morgan fingerprint density at radius 2 is 2.00 bits per heavy atom. The van der Waals surface area contributed by atoms with Crippen LogP contribution in [-0.4, -0.2) is 14.6 Å². The number of nitrogens with zero attached hydrogens (tertiary/aromatic N) is 3. The molecule has 2 aromatic heterocycles. The predicted octanol–water partition coefficient (Wildman–Crippen LogP) is 4.86. The van der Waals surface area contributed by atoms with Crippen molar-refractivity contribution in [1.29, 1.82) is 0 Å². The summed E-state index contributed by atoms with van der Waals surface area (Å²) in [6.07, 6.45) is 1.79. The van der Waals surface area contributed by atoms with Gasteiger partial charge in [-0.25, -0.2) is 13.9 Å². The first-order valence-corrected chi connectivity index (χ1v) is 8.47. The highest BCUT2D eigenvalue weighted by atomic mass is 35.5. The van der Waals surface area contributed by atoms with Crippen LogP contribution < -0.4 is 5.32 Å². The van der Waals surface area contributed by atoms with Gasteiger partial charge in [-0.05, 0) is 29.8 Å². The lowest BCUT2D eigenvalue weighted by molar-refractivity contribution is 0.627. The molecule has 0 unspecified atom stereocenters. The highest BCUT2D eigenvalue weighted by molar-refractivity contribution is 7.20. The third-order valence-electron chi connectivity index (χ3n) is 3.56. The summed E-state index contributed by atoms with van der Waals surface area (Å²) < 4.78 is 14.7. The van der Waals surface area contributed by atoms with Crippen molar-refractivity contribution in [2.24, 2.45) is 0 Å². The van der Waals surface area contributed by atoms with Crippen LogP contribution in [0.4, 0.5) is 9.52 Å². The Hall–Kier alpha value is -2.44. The standard InChI is InChI=1S/C17H12ClFN4S/c18-13-3-1-2-12(8-13)15-10-21-17-23(15)22-16(24-17)20-9-11-4-6-14(19)7-5-11/h1-8,10H,9H2,(H,20,22). The first-order chi connectivity index (χ1) is 11.7. The summed E-state index contributed by atoms with van der Waals surface area (Å²) in [5.41, 5.74) is 2.84. The molecular weight excluding hydrogens is 347 g/mol. The summed E-state index contributed by atoms with van der Waals surface area (Å²) in [5, 5.41) is 9.23. The predicted molar refractivity (Wildman–Crippen MR) is 95.0 cm³/mol. The van der Waals surface area contributed by atoms with Crippen LogP contribution in [0, 0.1) is 5.82 Å². The van der Waals surface area contributed by atoms with Gasteiger partial charge in [0, 0.05) is 17.1 Å². The minimum atomic E-state index is -0.238. The van der Waals surface area contributed by atoms with Crippen molar-refractivity contribution < 1.29 is 4.39 Å². The molecule has 2 aromatic carbocycles.